The molecule has 1 rings (SSSR count). The first-order valence-electron chi connectivity index (χ1n) is 5.34. The van der Waals surface area contributed by atoms with E-state index in [9.17, 15) is 0 Å². The summed E-state index contributed by atoms with van der Waals surface area (Å²) in [7, 11) is 0. The monoisotopic (exact) mass is 211 g/mol. The smallest absolute Gasteiger partial charge is 0.0218 e. The predicted octanol–water partition coefficient (Wildman–Crippen LogP) is 3.58. The van der Waals surface area contributed by atoms with Crippen LogP contribution in [0.2, 0.25) is 0 Å². The van der Waals surface area contributed by atoms with Crippen molar-refractivity contribution >= 4 is 11.3 Å². The van der Waals surface area contributed by atoms with Crippen molar-refractivity contribution in [2.24, 2.45) is 5.92 Å². The minimum absolute atomic E-state index is 0.620. The van der Waals surface area contributed by atoms with Gasteiger partial charge in [-0.1, -0.05) is 13.8 Å². The molecule has 0 bridgehead atoms. The first-order valence-corrected chi connectivity index (χ1v) is 6.29. The number of thiophene rings is 1. The Hall–Kier alpha value is -0.340. The second-order valence-electron chi connectivity index (χ2n) is 4.49. The summed E-state index contributed by atoms with van der Waals surface area (Å²) in [6.45, 7) is 10.0. The van der Waals surface area contributed by atoms with Crippen LogP contribution in [0.15, 0.2) is 10.8 Å². The van der Waals surface area contributed by atoms with Gasteiger partial charge < -0.3 is 5.32 Å². The van der Waals surface area contributed by atoms with Crippen molar-refractivity contribution in [2.75, 3.05) is 0 Å². The van der Waals surface area contributed by atoms with E-state index < -0.39 is 0 Å². The maximum absolute atomic E-state index is 3.56. The summed E-state index contributed by atoms with van der Waals surface area (Å²) >= 11 is 1.79. The molecule has 80 valence electrons. The second kappa shape index (κ2) is 5.52. The quantitative estimate of drug-likeness (QED) is 0.785. The third kappa shape index (κ3) is 3.81. The van der Waals surface area contributed by atoms with E-state index in [1.54, 1.807) is 11.3 Å². The molecule has 0 aliphatic carbocycles. The molecule has 1 N–H and O–H groups in total. The van der Waals surface area contributed by atoms with Gasteiger partial charge in [-0.2, -0.15) is 11.3 Å². The van der Waals surface area contributed by atoms with Crippen molar-refractivity contribution in [1.82, 2.24) is 5.32 Å². The van der Waals surface area contributed by atoms with Gasteiger partial charge in [0.05, 0.1) is 0 Å². The van der Waals surface area contributed by atoms with Crippen LogP contribution < -0.4 is 5.32 Å². The van der Waals surface area contributed by atoms with Crippen molar-refractivity contribution in [2.45, 2.75) is 46.7 Å². The van der Waals surface area contributed by atoms with E-state index in [2.05, 4.69) is 43.8 Å². The topological polar surface area (TPSA) is 12.0 Å². The molecule has 2 heteroatoms. The van der Waals surface area contributed by atoms with Gasteiger partial charge in [0, 0.05) is 12.6 Å². The Bertz CT molecular complexity index is 265. The molecular weight excluding hydrogens is 190 g/mol. The molecule has 0 saturated heterocycles. The molecule has 0 aliphatic rings. The maximum atomic E-state index is 3.56. The fraction of sp³-hybridized carbons (Fsp3) is 0.667. The van der Waals surface area contributed by atoms with E-state index in [1.807, 2.05) is 0 Å². The summed E-state index contributed by atoms with van der Waals surface area (Å²) in [5.74, 6) is 0.779. The van der Waals surface area contributed by atoms with E-state index in [1.165, 1.54) is 17.5 Å². The van der Waals surface area contributed by atoms with Gasteiger partial charge in [0.25, 0.3) is 0 Å². The average molecular weight is 211 g/mol. The Balaban J connectivity index is 2.30. The zero-order valence-electron chi connectivity index (χ0n) is 9.63. The van der Waals surface area contributed by atoms with Gasteiger partial charge >= 0.3 is 0 Å². The third-order valence-electron chi connectivity index (χ3n) is 2.43. The molecule has 0 fully saturated rings. The van der Waals surface area contributed by atoms with Crippen LogP contribution in [0.3, 0.4) is 0 Å². The molecule has 1 unspecified atom stereocenters. The average Bonchev–Trinajstić information content (AvgIpc) is 2.46. The molecule has 14 heavy (non-hydrogen) atoms. The van der Waals surface area contributed by atoms with E-state index in [0.717, 1.165) is 12.5 Å². The lowest BCUT2D eigenvalue weighted by Crippen LogP contribution is -2.26. The summed E-state index contributed by atoms with van der Waals surface area (Å²) in [6, 6.07) is 0.620. The molecule has 1 atom stereocenters. The summed E-state index contributed by atoms with van der Waals surface area (Å²) < 4.78 is 0. The standard InChI is InChI=1S/C12H21NS/c1-9(2)5-11(4)13-6-12-8-14-7-10(12)3/h7-9,11,13H,5-6H2,1-4H3. The zero-order chi connectivity index (χ0) is 10.6. The predicted molar refractivity (Wildman–Crippen MR) is 64.8 cm³/mol. The van der Waals surface area contributed by atoms with Crippen molar-refractivity contribution in [1.29, 1.82) is 0 Å². The van der Waals surface area contributed by atoms with Crippen LogP contribution in [-0.4, -0.2) is 6.04 Å². The van der Waals surface area contributed by atoms with Crippen LogP contribution in [0.25, 0.3) is 0 Å². The van der Waals surface area contributed by atoms with Crippen molar-refractivity contribution in [3.05, 3.63) is 21.9 Å². The number of rotatable bonds is 5. The maximum Gasteiger partial charge on any atom is 0.0218 e. The molecule has 1 aromatic rings. The van der Waals surface area contributed by atoms with Crippen molar-refractivity contribution in [3.8, 4) is 0 Å². The lowest BCUT2D eigenvalue weighted by atomic mass is 10.1. The minimum Gasteiger partial charge on any atom is -0.310 e. The van der Waals surface area contributed by atoms with E-state index in [-0.39, 0.29) is 0 Å². The fourth-order valence-electron chi connectivity index (χ4n) is 1.64. The molecule has 1 heterocycles. The lowest BCUT2D eigenvalue weighted by Gasteiger charge is -2.15. The van der Waals surface area contributed by atoms with Gasteiger partial charge in [0.2, 0.25) is 0 Å². The van der Waals surface area contributed by atoms with Gasteiger partial charge in [0.15, 0.2) is 0 Å². The van der Waals surface area contributed by atoms with Crippen LogP contribution in [0.1, 0.15) is 38.3 Å². The molecule has 0 radical (unpaired) electrons. The number of nitrogens with one attached hydrogen (secondary N) is 1. The van der Waals surface area contributed by atoms with Gasteiger partial charge in [-0.15, -0.1) is 0 Å². The lowest BCUT2D eigenvalue weighted by molar-refractivity contribution is 0.441. The summed E-state index contributed by atoms with van der Waals surface area (Å²) in [5.41, 5.74) is 2.87. The molecule has 0 aliphatic heterocycles. The molecule has 0 amide bonds. The SMILES string of the molecule is Cc1cscc1CNC(C)CC(C)C. The number of hydrogen-bond donors (Lipinski definition) is 1. The number of hydrogen-bond acceptors (Lipinski definition) is 2. The first-order chi connectivity index (χ1) is 6.59. The Morgan fingerprint density at radius 3 is 2.50 bits per heavy atom. The molecule has 0 aromatic carbocycles. The summed E-state index contributed by atoms with van der Waals surface area (Å²) in [5, 5.41) is 8.02. The largest absolute Gasteiger partial charge is 0.310 e. The normalized spacial score (nSPS) is 13.5. The van der Waals surface area contributed by atoms with E-state index in [4.69, 9.17) is 0 Å². The highest BCUT2D eigenvalue weighted by atomic mass is 32.1. The van der Waals surface area contributed by atoms with Crippen molar-refractivity contribution in [3.63, 3.8) is 0 Å². The molecule has 1 nitrogen and oxygen atoms in total. The van der Waals surface area contributed by atoms with Gasteiger partial charge in [-0.05, 0) is 48.1 Å². The highest BCUT2D eigenvalue weighted by molar-refractivity contribution is 7.08. The Morgan fingerprint density at radius 2 is 2.00 bits per heavy atom. The molecule has 0 spiro atoms. The van der Waals surface area contributed by atoms with Crippen LogP contribution in [-0.2, 0) is 6.54 Å². The molecule has 1 aromatic heterocycles. The van der Waals surface area contributed by atoms with Crippen LogP contribution in [0.4, 0.5) is 0 Å². The Labute approximate surface area is 91.5 Å². The fourth-order valence-corrected chi connectivity index (χ4v) is 2.50. The Kier molecular flexibility index (Phi) is 4.63. The van der Waals surface area contributed by atoms with Gasteiger partial charge in [0.1, 0.15) is 0 Å². The Morgan fingerprint density at radius 1 is 1.29 bits per heavy atom. The highest BCUT2D eigenvalue weighted by Crippen LogP contribution is 2.14. The first kappa shape index (κ1) is 11.7. The van der Waals surface area contributed by atoms with Crippen LogP contribution >= 0.6 is 11.3 Å². The van der Waals surface area contributed by atoms with E-state index in [0.29, 0.717) is 6.04 Å². The van der Waals surface area contributed by atoms with Crippen molar-refractivity contribution < 1.29 is 0 Å². The number of aryl methyl sites for hydroxylation is 1. The van der Waals surface area contributed by atoms with E-state index >= 15 is 0 Å². The second-order valence-corrected chi connectivity index (χ2v) is 5.24. The summed E-state index contributed by atoms with van der Waals surface area (Å²) in [6.07, 6.45) is 1.25. The highest BCUT2D eigenvalue weighted by Gasteiger charge is 2.05. The third-order valence-corrected chi connectivity index (χ3v) is 3.34. The minimum atomic E-state index is 0.620. The van der Waals surface area contributed by atoms with Crippen LogP contribution in [0.5, 0.6) is 0 Å². The van der Waals surface area contributed by atoms with Gasteiger partial charge in [-0.25, -0.2) is 0 Å². The summed E-state index contributed by atoms with van der Waals surface area (Å²) in [4.78, 5) is 0. The molecular formula is C12H21NS. The van der Waals surface area contributed by atoms with Gasteiger partial charge in [-0.3, -0.25) is 0 Å². The zero-order valence-corrected chi connectivity index (χ0v) is 10.4. The van der Waals surface area contributed by atoms with Crippen LogP contribution in [0, 0.1) is 12.8 Å². The molecule has 0 saturated carbocycles.